The Kier molecular flexibility index (Phi) is 4.14. The first-order valence-electron chi connectivity index (χ1n) is 7.37. The van der Waals surface area contributed by atoms with Crippen LogP contribution in [0.4, 0.5) is 0 Å². The number of rotatable bonds is 5. The minimum Gasteiger partial charge on any atom is -0.207 e. The van der Waals surface area contributed by atoms with Gasteiger partial charge in [0.15, 0.2) is 0 Å². The Labute approximate surface area is 132 Å². The lowest BCUT2D eigenvalue weighted by molar-refractivity contribution is 0.552. The highest BCUT2D eigenvalue weighted by Gasteiger charge is 2.43. The molecule has 0 radical (unpaired) electrons. The Balaban J connectivity index is 1.62. The Hall–Kier alpha value is -1.91. The van der Waals surface area contributed by atoms with E-state index in [-0.39, 0.29) is 6.04 Å². The number of benzene rings is 2. The second-order valence-electron chi connectivity index (χ2n) is 5.59. The number of nitrogens with zero attached hydrogens (tertiary/aromatic N) is 1. The summed E-state index contributed by atoms with van der Waals surface area (Å²) in [7, 11) is -3.33. The summed E-state index contributed by atoms with van der Waals surface area (Å²) in [5, 5.41) is 0. The number of hydrogen-bond donors (Lipinski definition) is 0. The fourth-order valence-electron chi connectivity index (χ4n) is 2.42. The fraction of sp³-hybridized carbons (Fsp3) is 0.222. The zero-order chi connectivity index (χ0) is 15.6. The Morgan fingerprint density at radius 2 is 1.77 bits per heavy atom. The van der Waals surface area contributed by atoms with Gasteiger partial charge in [-0.05, 0) is 31.0 Å². The number of sulfonamides is 1. The molecule has 0 saturated carbocycles. The average Bonchev–Trinajstić information content (AvgIpc) is 3.29. The van der Waals surface area contributed by atoms with E-state index in [4.69, 9.17) is 0 Å². The molecule has 22 heavy (non-hydrogen) atoms. The van der Waals surface area contributed by atoms with E-state index in [9.17, 15) is 8.42 Å². The molecule has 2 unspecified atom stereocenters. The maximum Gasteiger partial charge on any atom is 0.243 e. The van der Waals surface area contributed by atoms with Gasteiger partial charge in [-0.15, -0.1) is 0 Å². The number of hydrogen-bond acceptors (Lipinski definition) is 2. The zero-order valence-corrected chi connectivity index (χ0v) is 13.3. The molecule has 2 aromatic rings. The molecule has 0 bridgehead atoms. The summed E-state index contributed by atoms with van der Waals surface area (Å²) in [5.41, 5.74) is 2.20. The SMILES string of the molecule is Cc1ccc(S(=O)(=O)N2CC2C/C=C/c2ccccc2)cc1. The molecule has 2 aromatic carbocycles. The van der Waals surface area contributed by atoms with E-state index in [0.717, 1.165) is 17.5 Å². The van der Waals surface area contributed by atoms with Gasteiger partial charge in [0.1, 0.15) is 0 Å². The van der Waals surface area contributed by atoms with Crippen LogP contribution < -0.4 is 0 Å². The third-order valence-electron chi connectivity index (χ3n) is 3.81. The van der Waals surface area contributed by atoms with Gasteiger partial charge < -0.3 is 0 Å². The molecule has 4 heteroatoms. The molecular weight excluding hydrogens is 294 g/mol. The van der Waals surface area contributed by atoms with Crippen molar-refractivity contribution in [1.82, 2.24) is 4.31 Å². The third kappa shape index (κ3) is 3.29. The van der Waals surface area contributed by atoms with Gasteiger partial charge in [-0.2, -0.15) is 4.31 Å². The summed E-state index contributed by atoms with van der Waals surface area (Å²) in [4.78, 5) is 0.382. The van der Waals surface area contributed by atoms with Gasteiger partial charge in [-0.1, -0.05) is 60.2 Å². The van der Waals surface area contributed by atoms with Gasteiger partial charge in [0.25, 0.3) is 0 Å². The molecule has 0 aliphatic carbocycles. The molecule has 0 aromatic heterocycles. The van der Waals surface area contributed by atoms with Crippen LogP contribution in [0.5, 0.6) is 0 Å². The smallest absolute Gasteiger partial charge is 0.207 e. The second kappa shape index (κ2) is 6.07. The largest absolute Gasteiger partial charge is 0.243 e. The van der Waals surface area contributed by atoms with Crippen LogP contribution in [-0.2, 0) is 10.0 Å². The van der Waals surface area contributed by atoms with Crippen LogP contribution in [0.25, 0.3) is 6.08 Å². The summed E-state index contributed by atoms with van der Waals surface area (Å²) in [6, 6.07) is 17.1. The maximum atomic E-state index is 12.5. The van der Waals surface area contributed by atoms with E-state index >= 15 is 0 Å². The molecule has 1 heterocycles. The van der Waals surface area contributed by atoms with Gasteiger partial charge in [0.2, 0.25) is 10.0 Å². The molecule has 1 fully saturated rings. The van der Waals surface area contributed by atoms with Crippen molar-refractivity contribution < 1.29 is 8.42 Å². The summed E-state index contributed by atoms with van der Waals surface area (Å²) >= 11 is 0. The molecule has 0 amide bonds. The molecule has 0 spiro atoms. The van der Waals surface area contributed by atoms with Crippen molar-refractivity contribution in [3.63, 3.8) is 0 Å². The highest BCUT2D eigenvalue weighted by atomic mass is 32.2. The van der Waals surface area contributed by atoms with E-state index in [1.54, 1.807) is 16.4 Å². The monoisotopic (exact) mass is 313 g/mol. The molecule has 1 aliphatic rings. The van der Waals surface area contributed by atoms with Crippen LogP contribution in [-0.4, -0.2) is 25.3 Å². The predicted octanol–water partition coefficient (Wildman–Crippen LogP) is 3.47. The Bertz CT molecular complexity index is 764. The molecule has 1 aliphatic heterocycles. The molecule has 3 nitrogen and oxygen atoms in total. The first kappa shape index (κ1) is 15.0. The van der Waals surface area contributed by atoms with Crippen LogP contribution in [0.1, 0.15) is 17.5 Å². The van der Waals surface area contributed by atoms with Crippen molar-refractivity contribution in [1.29, 1.82) is 0 Å². The second-order valence-corrected chi connectivity index (χ2v) is 7.48. The van der Waals surface area contributed by atoms with Gasteiger partial charge in [-0.3, -0.25) is 0 Å². The predicted molar refractivity (Wildman–Crippen MR) is 89.0 cm³/mol. The molecule has 1 saturated heterocycles. The van der Waals surface area contributed by atoms with E-state index in [1.165, 1.54) is 0 Å². The first-order valence-corrected chi connectivity index (χ1v) is 8.81. The zero-order valence-electron chi connectivity index (χ0n) is 12.5. The van der Waals surface area contributed by atoms with Crippen molar-refractivity contribution in [3.8, 4) is 0 Å². The topological polar surface area (TPSA) is 37.1 Å². The minimum absolute atomic E-state index is 0.0891. The lowest BCUT2D eigenvalue weighted by Crippen LogP contribution is -2.14. The highest BCUT2D eigenvalue weighted by molar-refractivity contribution is 7.89. The van der Waals surface area contributed by atoms with Crippen LogP contribution in [0.3, 0.4) is 0 Å². The molecule has 2 atom stereocenters. The molecule has 3 rings (SSSR count). The summed E-state index contributed by atoms with van der Waals surface area (Å²) in [6.45, 7) is 2.56. The Morgan fingerprint density at radius 1 is 1.09 bits per heavy atom. The molecule has 114 valence electrons. The van der Waals surface area contributed by atoms with Crippen LogP contribution >= 0.6 is 0 Å². The maximum absolute atomic E-state index is 12.5. The standard InChI is InChI=1S/C18H19NO2S/c1-15-10-12-18(13-11-15)22(20,21)19-14-17(19)9-5-8-16-6-3-2-4-7-16/h2-8,10-13,17H,9,14H2,1H3/b8-5+. The fourth-order valence-corrected chi connectivity index (χ4v) is 4.02. The Morgan fingerprint density at radius 3 is 2.45 bits per heavy atom. The summed E-state index contributed by atoms with van der Waals surface area (Å²) in [5.74, 6) is 0. The van der Waals surface area contributed by atoms with E-state index < -0.39 is 10.0 Å². The minimum atomic E-state index is -3.33. The summed E-state index contributed by atoms with van der Waals surface area (Å²) in [6.07, 6.45) is 4.83. The van der Waals surface area contributed by atoms with E-state index in [1.807, 2.05) is 61.5 Å². The highest BCUT2D eigenvalue weighted by Crippen LogP contribution is 2.30. The van der Waals surface area contributed by atoms with E-state index in [2.05, 4.69) is 0 Å². The molecule has 0 N–H and O–H groups in total. The van der Waals surface area contributed by atoms with Crippen molar-refractivity contribution in [2.75, 3.05) is 6.54 Å². The van der Waals surface area contributed by atoms with Crippen molar-refractivity contribution >= 4 is 16.1 Å². The van der Waals surface area contributed by atoms with Gasteiger partial charge in [-0.25, -0.2) is 8.42 Å². The van der Waals surface area contributed by atoms with Gasteiger partial charge >= 0.3 is 0 Å². The van der Waals surface area contributed by atoms with Crippen molar-refractivity contribution in [2.24, 2.45) is 0 Å². The van der Waals surface area contributed by atoms with Crippen LogP contribution in [0, 0.1) is 6.92 Å². The van der Waals surface area contributed by atoms with Crippen LogP contribution in [0.2, 0.25) is 0 Å². The van der Waals surface area contributed by atoms with Crippen molar-refractivity contribution in [2.45, 2.75) is 24.3 Å². The van der Waals surface area contributed by atoms with Crippen LogP contribution in [0.15, 0.2) is 65.6 Å². The van der Waals surface area contributed by atoms with Crippen molar-refractivity contribution in [3.05, 3.63) is 71.8 Å². The lowest BCUT2D eigenvalue weighted by Gasteiger charge is -2.05. The number of aryl methyl sites for hydroxylation is 1. The average molecular weight is 313 g/mol. The third-order valence-corrected chi connectivity index (χ3v) is 5.74. The molecular formula is C18H19NO2S. The summed E-state index contributed by atoms with van der Waals surface area (Å²) < 4.78 is 26.5. The van der Waals surface area contributed by atoms with Gasteiger partial charge in [0.05, 0.1) is 4.90 Å². The first-order chi connectivity index (χ1) is 10.6. The van der Waals surface area contributed by atoms with E-state index in [0.29, 0.717) is 11.4 Å². The lowest BCUT2D eigenvalue weighted by atomic mass is 10.2. The quantitative estimate of drug-likeness (QED) is 0.793. The van der Waals surface area contributed by atoms with Gasteiger partial charge in [0, 0.05) is 12.6 Å². The normalized spacial score (nSPS) is 21.1.